The summed E-state index contributed by atoms with van der Waals surface area (Å²) in [5.41, 5.74) is 10.3. The monoisotopic (exact) mass is 232 g/mol. The van der Waals surface area contributed by atoms with Crippen molar-refractivity contribution in [1.29, 1.82) is 0 Å². The van der Waals surface area contributed by atoms with Crippen LogP contribution in [0.5, 0.6) is 0 Å². The molecule has 0 saturated carbocycles. The van der Waals surface area contributed by atoms with E-state index in [0.29, 0.717) is 12.1 Å². The molecule has 0 spiro atoms. The molecule has 2 N–H and O–H groups in total. The predicted molar refractivity (Wildman–Crippen MR) is 74.6 cm³/mol. The van der Waals surface area contributed by atoms with Crippen molar-refractivity contribution in [2.75, 3.05) is 4.90 Å². The minimum absolute atomic E-state index is 0.228. The van der Waals surface area contributed by atoms with Crippen LogP contribution >= 0.6 is 0 Å². The van der Waals surface area contributed by atoms with Gasteiger partial charge in [-0.1, -0.05) is 18.2 Å². The molecule has 2 atom stereocenters. The van der Waals surface area contributed by atoms with Crippen molar-refractivity contribution in [2.45, 2.75) is 58.7 Å². The van der Waals surface area contributed by atoms with Crippen LogP contribution in [-0.2, 0) is 12.8 Å². The van der Waals surface area contributed by atoms with Crippen molar-refractivity contribution in [2.24, 2.45) is 5.73 Å². The summed E-state index contributed by atoms with van der Waals surface area (Å²) in [6.45, 7) is 8.94. The minimum Gasteiger partial charge on any atom is -0.366 e. The first-order chi connectivity index (χ1) is 8.00. The van der Waals surface area contributed by atoms with Crippen LogP contribution in [-0.4, -0.2) is 18.1 Å². The molecule has 0 radical (unpaired) electrons. The molecule has 0 fully saturated rings. The maximum absolute atomic E-state index is 5.96. The largest absolute Gasteiger partial charge is 0.366 e. The average Bonchev–Trinajstić information content (AvgIpc) is 2.54. The predicted octanol–water partition coefficient (Wildman–Crippen LogP) is 2.74. The summed E-state index contributed by atoms with van der Waals surface area (Å²) < 4.78 is 0. The zero-order valence-corrected chi connectivity index (χ0v) is 11.4. The maximum Gasteiger partial charge on any atom is 0.0437 e. The number of anilines is 1. The summed E-state index contributed by atoms with van der Waals surface area (Å²) in [5.74, 6) is 0. The van der Waals surface area contributed by atoms with E-state index >= 15 is 0 Å². The van der Waals surface area contributed by atoms with E-state index in [1.165, 1.54) is 23.2 Å². The summed E-state index contributed by atoms with van der Waals surface area (Å²) in [6.07, 6.45) is 2.14. The van der Waals surface area contributed by atoms with Gasteiger partial charge in [0.25, 0.3) is 0 Å². The number of fused-ring (bicyclic) bond motifs is 1. The van der Waals surface area contributed by atoms with E-state index < -0.39 is 0 Å². The lowest BCUT2D eigenvalue weighted by atomic mass is 10.0. The van der Waals surface area contributed by atoms with E-state index in [4.69, 9.17) is 5.73 Å². The Morgan fingerprint density at radius 2 is 2.06 bits per heavy atom. The second-order valence-electron chi connectivity index (χ2n) is 5.66. The van der Waals surface area contributed by atoms with E-state index in [1.807, 2.05) is 0 Å². The first-order valence-electron chi connectivity index (χ1n) is 6.65. The fourth-order valence-electron chi connectivity index (χ4n) is 3.06. The number of rotatable bonds is 3. The fraction of sp³-hybridized carbons (Fsp3) is 0.600. The van der Waals surface area contributed by atoms with Crippen molar-refractivity contribution in [3.05, 3.63) is 29.3 Å². The fourth-order valence-corrected chi connectivity index (χ4v) is 3.06. The van der Waals surface area contributed by atoms with E-state index in [-0.39, 0.29) is 6.04 Å². The molecule has 1 aliphatic heterocycles. The Balaban J connectivity index is 2.42. The topological polar surface area (TPSA) is 29.3 Å². The molecule has 0 amide bonds. The highest BCUT2D eigenvalue weighted by atomic mass is 15.2. The van der Waals surface area contributed by atoms with E-state index in [2.05, 4.69) is 50.8 Å². The van der Waals surface area contributed by atoms with E-state index in [0.717, 1.165) is 6.42 Å². The molecular formula is C15H24N2. The maximum atomic E-state index is 5.96. The Morgan fingerprint density at radius 3 is 2.65 bits per heavy atom. The van der Waals surface area contributed by atoms with Crippen molar-refractivity contribution in [3.63, 3.8) is 0 Å². The molecule has 0 aromatic heterocycles. The molecule has 0 bridgehead atoms. The van der Waals surface area contributed by atoms with Crippen LogP contribution in [0.1, 0.15) is 38.8 Å². The third-order valence-electron chi connectivity index (χ3n) is 3.55. The van der Waals surface area contributed by atoms with E-state index in [9.17, 15) is 0 Å². The van der Waals surface area contributed by atoms with Gasteiger partial charge in [0.15, 0.2) is 0 Å². The highest BCUT2D eigenvalue weighted by molar-refractivity contribution is 5.65. The van der Waals surface area contributed by atoms with Crippen molar-refractivity contribution >= 4 is 5.69 Å². The van der Waals surface area contributed by atoms with Crippen molar-refractivity contribution in [3.8, 4) is 0 Å². The van der Waals surface area contributed by atoms with Crippen LogP contribution < -0.4 is 10.6 Å². The summed E-state index contributed by atoms with van der Waals surface area (Å²) in [6, 6.07) is 8.06. The quantitative estimate of drug-likeness (QED) is 0.868. The van der Waals surface area contributed by atoms with Crippen LogP contribution in [0.4, 0.5) is 5.69 Å². The molecule has 17 heavy (non-hydrogen) atoms. The van der Waals surface area contributed by atoms with Gasteiger partial charge in [-0.25, -0.2) is 0 Å². The van der Waals surface area contributed by atoms with Crippen LogP contribution in [0.2, 0.25) is 0 Å². The van der Waals surface area contributed by atoms with Crippen molar-refractivity contribution in [1.82, 2.24) is 0 Å². The lowest BCUT2D eigenvalue weighted by Gasteiger charge is -2.31. The van der Waals surface area contributed by atoms with Gasteiger partial charge in [0.1, 0.15) is 0 Å². The average molecular weight is 232 g/mol. The molecule has 1 aliphatic rings. The van der Waals surface area contributed by atoms with Gasteiger partial charge in [0.05, 0.1) is 0 Å². The van der Waals surface area contributed by atoms with Gasteiger partial charge < -0.3 is 10.6 Å². The number of nitrogens with zero attached hydrogens (tertiary/aromatic N) is 1. The third kappa shape index (κ3) is 2.32. The summed E-state index contributed by atoms with van der Waals surface area (Å²) >= 11 is 0. The molecule has 0 saturated heterocycles. The SMILES string of the molecule is CC(N)Cc1cccc2c1N(C(C)C)C(C)C2. The lowest BCUT2D eigenvalue weighted by Crippen LogP contribution is -2.36. The normalized spacial score (nSPS) is 20.8. The van der Waals surface area contributed by atoms with Crippen LogP contribution in [0.25, 0.3) is 0 Å². The number of hydrogen-bond donors (Lipinski definition) is 1. The molecule has 94 valence electrons. The highest BCUT2D eigenvalue weighted by Crippen LogP contribution is 2.37. The number of benzene rings is 1. The van der Waals surface area contributed by atoms with Gasteiger partial charge >= 0.3 is 0 Å². The molecule has 2 unspecified atom stereocenters. The number of para-hydroxylation sites is 1. The molecule has 1 heterocycles. The molecule has 2 rings (SSSR count). The van der Waals surface area contributed by atoms with Crippen molar-refractivity contribution < 1.29 is 0 Å². The Kier molecular flexibility index (Phi) is 3.43. The molecular weight excluding hydrogens is 208 g/mol. The smallest absolute Gasteiger partial charge is 0.0437 e. The Hall–Kier alpha value is -1.02. The van der Waals surface area contributed by atoms with Gasteiger partial charge in [-0.2, -0.15) is 0 Å². The van der Waals surface area contributed by atoms with Gasteiger partial charge in [0.2, 0.25) is 0 Å². The first-order valence-corrected chi connectivity index (χ1v) is 6.65. The second-order valence-corrected chi connectivity index (χ2v) is 5.66. The molecule has 1 aromatic carbocycles. The number of hydrogen-bond acceptors (Lipinski definition) is 2. The molecule has 0 aliphatic carbocycles. The summed E-state index contributed by atoms with van der Waals surface area (Å²) in [4.78, 5) is 2.55. The van der Waals surface area contributed by atoms with E-state index in [1.54, 1.807) is 0 Å². The molecule has 2 heteroatoms. The Morgan fingerprint density at radius 1 is 1.35 bits per heavy atom. The summed E-state index contributed by atoms with van der Waals surface area (Å²) in [5, 5.41) is 0. The molecule has 1 aromatic rings. The number of nitrogens with two attached hydrogens (primary N) is 1. The van der Waals surface area contributed by atoms with Gasteiger partial charge in [-0.3, -0.25) is 0 Å². The van der Waals surface area contributed by atoms with Crippen LogP contribution in [0, 0.1) is 0 Å². The lowest BCUT2D eigenvalue weighted by molar-refractivity contribution is 0.602. The van der Waals surface area contributed by atoms with Gasteiger partial charge in [-0.05, 0) is 51.7 Å². The highest BCUT2D eigenvalue weighted by Gasteiger charge is 2.29. The van der Waals surface area contributed by atoms with Gasteiger partial charge in [-0.15, -0.1) is 0 Å². The molecule has 2 nitrogen and oxygen atoms in total. The second kappa shape index (κ2) is 4.69. The first kappa shape index (κ1) is 12.4. The standard InChI is InChI=1S/C15H24N2/c1-10(2)17-12(4)9-14-7-5-6-13(15(14)17)8-11(3)16/h5-7,10-12H,8-9,16H2,1-4H3. The van der Waals surface area contributed by atoms with Crippen LogP contribution in [0.3, 0.4) is 0 Å². The third-order valence-corrected chi connectivity index (χ3v) is 3.55. The van der Waals surface area contributed by atoms with Gasteiger partial charge in [0, 0.05) is 23.8 Å². The summed E-state index contributed by atoms with van der Waals surface area (Å²) in [7, 11) is 0. The zero-order valence-electron chi connectivity index (χ0n) is 11.4. The Labute approximate surface area is 105 Å². The van der Waals surface area contributed by atoms with Crippen LogP contribution in [0.15, 0.2) is 18.2 Å². The Bertz CT molecular complexity index is 396. The zero-order chi connectivity index (χ0) is 12.6. The minimum atomic E-state index is 0.228.